The Labute approximate surface area is 142 Å². The fourth-order valence-electron chi connectivity index (χ4n) is 2.21. The number of ether oxygens (including phenoxy) is 1. The van der Waals surface area contributed by atoms with Crippen LogP contribution in [-0.2, 0) is 4.79 Å². The fourth-order valence-corrected chi connectivity index (χ4v) is 2.21. The maximum Gasteiger partial charge on any atom is 0.359 e. The van der Waals surface area contributed by atoms with E-state index in [1.165, 1.54) is 6.92 Å². The first-order chi connectivity index (χ1) is 12.0. The van der Waals surface area contributed by atoms with E-state index >= 15 is 0 Å². The van der Waals surface area contributed by atoms with E-state index in [0.717, 1.165) is 16.8 Å². The molecule has 0 fully saturated rings. The van der Waals surface area contributed by atoms with Crippen molar-refractivity contribution >= 4 is 17.6 Å². The molecule has 8 heteroatoms. The summed E-state index contributed by atoms with van der Waals surface area (Å²) in [7, 11) is 0. The van der Waals surface area contributed by atoms with Gasteiger partial charge in [0.1, 0.15) is 5.75 Å². The van der Waals surface area contributed by atoms with Crippen molar-refractivity contribution in [2.24, 2.45) is 0 Å². The first-order valence-corrected chi connectivity index (χ1v) is 7.33. The lowest BCUT2D eigenvalue weighted by Gasteiger charge is -2.07. The number of anilines is 1. The van der Waals surface area contributed by atoms with E-state index < -0.39 is 5.97 Å². The van der Waals surface area contributed by atoms with Crippen molar-refractivity contribution in [1.82, 2.24) is 15.4 Å². The van der Waals surface area contributed by atoms with Crippen molar-refractivity contribution in [1.29, 1.82) is 0 Å². The van der Waals surface area contributed by atoms with E-state index in [4.69, 9.17) is 9.84 Å². The second kappa shape index (κ2) is 6.83. The predicted molar refractivity (Wildman–Crippen MR) is 89.6 cm³/mol. The summed E-state index contributed by atoms with van der Waals surface area (Å²) < 4.78 is 5.43. The Balaban J connectivity index is 1.74. The third-order valence-electron chi connectivity index (χ3n) is 3.34. The molecule has 126 valence electrons. The van der Waals surface area contributed by atoms with E-state index in [1.54, 1.807) is 12.1 Å². The van der Waals surface area contributed by atoms with Gasteiger partial charge in [0.2, 0.25) is 11.6 Å². The van der Waals surface area contributed by atoms with Crippen LogP contribution >= 0.6 is 0 Å². The van der Waals surface area contributed by atoms with E-state index in [-0.39, 0.29) is 17.5 Å². The highest BCUT2D eigenvalue weighted by Gasteiger charge is 2.16. The summed E-state index contributed by atoms with van der Waals surface area (Å²) in [6.07, 6.45) is 0. The fraction of sp³-hybridized carbons (Fsp3) is 0.0588. The van der Waals surface area contributed by atoms with Crippen LogP contribution in [-0.4, -0.2) is 32.4 Å². The zero-order chi connectivity index (χ0) is 17.8. The number of benzene rings is 2. The summed E-state index contributed by atoms with van der Waals surface area (Å²) in [6, 6.07) is 14.5. The minimum absolute atomic E-state index is 0.0973. The number of rotatable bonds is 5. The zero-order valence-electron chi connectivity index (χ0n) is 13.2. The third kappa shape index (κ3) is 3.81. The number of hydrogen-bond acceptors (Lipinski definition) is 5. The Morgan fingerprint density at radius 2 is 1.64 bits per heavy atom. The number of H-pyrrole nitrogens is 1. The molecule has 0 unspecified atom stereocenters. The molecule has 0 spiro atoms. The number of carbonyl (C=O) groups is 2. The molecule has 3 aromatic rings. The molecule has 3 N–H and O–H groups in total. The Morgan fingerprint density at radius 1 is 1.04 bits per heavy atom. The molecule has 0 radical (unpaired) electrons. The topological polar surface area (TPSA) is 117 Å². The van der Waals surface area contributed by atoms with Gasteiger partial charge < -0.3 is 15.2 Å². The number of hydrogen-bond donors (Lipinski definition) is 3. The summed E-state index contributed by atoms with van der Waals surface area (Å²) in [6.45, 7) is 1.46. The Morgan fingerprint density at radius 3 is 2.20 bits per heavy atom. The highest BCUT2D eigenvalue weighted by molar-refractivity contribution is 5.89. The van der Waals surface area contributed by atoms with Gasteiger partial charge in [-0.05, 0) is 35.4 Å². The van der Waals surface area contributed by atoms with Gasteiger partial charge in [-0.1, -0.05) is 34.6 Å². The van der Waals surface area contributed by atoms with Crippen LogP contribution in [0, 0.1) is 0 Å². The van der Waals surface area contributed by atoms with Gasteiger partial charge in [0.25, 0.3) is 5.88 Å². The maximum atomic E-state index is 11.0. The molecular weight excluding hydrogens is 324 g/mol. The molecule has 3 rings (SSSR count). The second-order valence-corrected chi connectivity index (χ2v) is 5.18. The van der Waals surface area contributed by atoms with Crippen LogP contribution in [0.25, 0.3) is 11.1 Å². The number of carbonyl (C=O) groups excluding carboxylic acids is 1. The van der Waals surface area contributed by atoms with Gasteiger partial charge in [0, 0.05) is 12.6 Å². The van der Waals surface area contributed by atoms with Crippen molar-refractivity contribution in [3.63, 3.8) is 0 Å². The van der Waals surface area contributed by atoms with Gasteiger partial charge in [-0.2, -0.15) is 0 Å². The standard InChI is InChI=1S/C17H14N4O4/c1-10(22)18-13-6-2-11(3-7-13)12-4-8-14(9-5-12)25-16-15(17(23)24)19-21-20-16/h2-9H,1H3,(H,18,22)(H,23,24)(H,19,20,21). The normalized spacial score (nSPS) is 10.3. The molecule has 0 saturated carbocycles. The second-order valence-electron chi connectivity index (χ2n) is 5.18. The maximum absolute atomic E-state index is 11.0. The first kappa shape index (κ1) is 16.2. The molecule has 0 saturated heterocycles. The van der Waals surface area contributed by atoms with E-state index in [2.05, 4.69) is 20.7 Å². The molecule has 2 aromatic carbocycles. The zero-order valence-corrected chi connectivity index (χ0v) is 13.2. The highest BCUT2D eigenvalue weighted by atomic mass is 16.5. The third-order valence-corrected chi connectivity index (χ3v) is 3.34. The molecular formula is C17H14N4O4. The van der Waals surface area contributed by atoms with Crippen molar-refractivity contribution in [3.8, 4) is 22.8 Å². The van der Waals surface area contributed by atoms with Crippen molar-refractivity contribution < 1.29 is 19.4 Å². The Bertz CT molecular complexity index is 901. The monoisotopic (exact) mass is 338 g/mol. The highest BCUT2D eigenvalue weighted by Crippen LogP contribution is 2.26. The smallest absolute Gasteiger partial charge is 0.359 e. The average Bonchev–Trinajstić information content (AvgIpc) is 3.04. The SMILES string of the molecule is CC(=O)Nc1ccc(-c2ccc(Oc3nn[nH]c3C(=O)O)cc2)cc1. The Hall–Kier alpha value is -3.68. The van der Waals surface area contributed by atoms with Crippen LogP contribution in [0.5, 0.6) is 11.6 Å². The van der Waals surface area contributed by atoms with E-state index in [1.807, 2.05) is 36.4 Å². The summed E-state index contributed by atoms with van der Waals surface area (Å²) in [5.41, 5.74) is 2.43. The molecule has 0 atom stereocenters. The summed E-state index contributed by atoms with van der Waals surface area (Å²) in [4.78, 5) is 22.0. The number of carboxylic acids is 1. The summed E-state index contributed by atoms with van der Waals surface area (Å²) in [5, 5.41) is 21.0. The molecule has 0 bridgehead atoms. The quantitative estimate of drug-likeness (QED) is 0.658. The number of amides is 1. The van der Waals surface area contributed by atoms with E-state index in [0.29, 0.717) is 5.75 Å². The largest absolute Gasteiger partial charge is 0.476 e. The van der Waals surface area contributed by atoms with Crippen LogP contribution in [0.2, 0.25) is 0 Å². The van der Waals surface area contributed by atoms with Crippen LogP contribution in [0.1, 0.15) is 17.4 Å². The molecule has 8 nitrogen and oxygen atoms in total. The average molecular weight is 338 g/mol. The number of carboxylic acid groups (broad SMARTS) is 1. The van der Waals surface area contributed by atoms with Gasteiger partial charge in [-0.15, -0.1) is 0 Å². The molecule has 0 aliphatic heterocycles. The number of aromatic nitrogens is 3. The lowest BCUT2D eigenvalue weighted by atomic mass is 10.1. The van der Waals surface area contributed by atoms with Gasteiger partial charge in [0.05, 0.1) is 0 Å². The lowest BCUT2D eigenvalue weighted by molar-refractivity contribution is -0.114. The molecule has 25 heavy (non-hydrogen) atoms. The van der Waals surface area contributed by atoms with Crippen molar-refractivity contribution in [2.45, 2.75) is 6.92 Å². The van der Waals surface area contributed by atoms with Crippen molar-refractivity contribution in [3.05, 3.63) is 54.2 Å². The van der Waals surface area contributed by atoms with Crippen LogP contribution in [0.4, 0.5) is 5.69 Å². The van der Waals surface area contributed by atoms with Crippen LogP contribution < -0.4 is 10.1 Å². The number of aromatic amines is 1. The Kier molecular flexibility index (Phi) is 4.42. The summed E-state index contributed by atoms with van der Waals surface area (Å²) in [5.74, 6) is -0.978. The van der Waals surface area contributed by atoms with Gasteiger partial charge >= 0.3 is 5.97 Å². The van der Waals surface area contributed by atoms with Crippen molar-refractivity contribution in [2.75, 3.05) is 5.32 Å². The number of nitrogens with zero attached hydrogens (tertiary/aromatic N) is 2. The number of aromatic carboxylic acids is 1. The molecule has 1 aromatic heterocycles. The molecule has 0 aliphatic rings. The lowest BCUT2D eigenvalue weighted by Crippen LogP contribution is -2.05. The minimum atomic E-state index is -1.20. The van der Waals surface area contributed by atoms with Gasteiger partial charge in [-0.3, -0.25) is 4.79 Å². The molecule has 1 heterocycles. The van der Waals surface area contributed by atoms with Crippen LogP contribution in [0.3, 0.4) is 0 Å². The molecule has 0 aliphatic carbocycles. The minimum Gasteiger partial charge on any atom is -0.476 e. The predicted octanol–water partition coefficient (Wildman–Crippen LogP) is 2.92. The first-order valence-electron chi connectivity index (χ1n) is 7.33. The van der Waals surface area contributed by atoms with Crippen LogP contribution in [0.15, 0.2) is 48.5 Å². The van der Waals surface area contributed by atoms with Gasteiger partial charge in [-0.25, -0.2) is 9.89 Å². The summed E-state index contributed by atoms with van der Waals surface area (Å²) >= 11 is 0. The number of nitrogens with one attached hydrogen (secondary N) is 2. The van der Waals surface area contributed by atoms with E-state index in [9.17, 15) is 9.59 Å². The molecule has 1 amide bonds. The van der Waals surface area contributed by atoms with Gasteiger partial charge in [0.15, 0.2) is 0 Å².